The summed E-state index contributed by atoms with van der Waals surface area (Å²) in [7, 11) is 0. The van der Waals surface area contributed by atoms with Crippen LogP contribution in [0.3, 0.4) is 0 Å². The van der Waals surface area contributed by atoms with Gasteiger partial charge in [0.05, 0.1) is 6.61 Å². The van der Waals surface area contributed by atoms with Gasteiger partial charge in [-0.3, -0.25) is 24.5 Å². The van der Waals surface area contributed by atoms with Crippen LogP contribution in [0.1, 0.15) is 23.0 Å². The van der Waals surface area contributed by atoms with E-state index in [9.17, 15) is 14.4 Å². The minimum absolute atomic E-state index is 0.125. The van der Waals surface area contributed by atoms with Crippen LogP contribution in [-0.4, -0.2) is 28.9 Å². The number of amides is 1. The zero-order valence-corrected chi connectivity index (χ0v) is 11.4. The molecule has 1 aromatic heterocycles. The van der Waals surface area contributed by atoms with E-state index >= 15 is 0 Å². The van der Waals surface area contributed by atoms with Crippen LogP contribution in [0.15, 0.2) is 10.7 Å². The maximum absolute atomic E-state index is 12.2. The maximum Gasteiger partial charge on any atom is 0.326 e. The first kappa shape index (κ1) is 12.8. The summed E-state index contributed by atoms with van der Waals surface area (Å²) >= 11 is 3.27. The SMILES string of the molecule is CCOC(=O)C1C(=O)Nn2cc(Br)c(C)c2C1=O. The number of carbonyl (C=O) groups excluding carboxylic acids is 3. The lowest BCUT2D eigenvalue weighted by molar-refractivity contribution is -0.149. The highest BCUT2D eigenvalue weighted by Crippen LogP contribution is 2.27. The summed E-state index contributed by atoms with van der Waals surface area (Å²) in [6.07, 6.45) is 1.57. The molecule has 6 nitrogen and oxygen atoms in total. The van der Waals surface area contributed by atoms with Crippen molar-refractivity contribution >= 4 is 33.6 Å². The number of esters is 1. The highest BCUT2D eigenvalue weighted by molar-refractivity contribution is 9.10. The minimum atomic E-state index is -1.42. The van der Waals surface area contributed by atoms with Gasteiger partial charge in [-0.05, 0) is 35.3 Å². The number of hydrogen-bond donors (Lipinski definition) is 1. The van der Waals surface area contributed by atoms with E-state index in [0.29, 0.717) is 15.7 Å². The number of carbonyl (C=O) groups is 3. The first-order chi connectivity index (χ1) is 8.47. The van der Waals surface area contributed by atoms with Gasteiger partial charge < -0.3 is 4.74 Å². The van der Waals surface area contributed by atoms with E-state index in [1.165, 1.54) is 4.68 Å². The molecule has 7 heteroatoms. The van der Waals surface area contributed by atoms with Crippen LogP contribution in [0, 0.1) is 12.8 Å². The molecule has 1 aromatic rings. The lowest BCUT2D eigenvalue weighted by atomic mass is 9.97. The number of ketones is 1. The summed E-state index contributed by atoms with van der Waals surface area (Å²) < 4.78 is 6.75. The first-order valence-corrected chi connectivity index (χ1v) is 6.15. The fourth-order valence-electron chi connectivity index (χ4n) is 1.84. The van der Waals surface area contributed by atoms with Gasteiger partial charge >= 0.3 is 5.97 Å². The molecule has 1 aliphatic rings. The number of nitrogens with zero attached hydrogens (tertiary/aromatic N) is 1. The molecule has 0 fully saturated rings. The lowest BCUT2D eigenvalue weighted by Crippen LogP contribution is -2.46. The van der Waals surface area contributed by atoms with Gasteiger partial charge in [-0.15, -0.1) is 0 Å². The molecule has 0 saturated heterocycles. The van der Waals surface area contributed by atoms with Crippen LogP contribution in [-0.2, 0) is 14.3 Å². The van der Waals surface area contributed by atoms with E-state index in [2.05, 4.69) is 21.4 Å². The molecule has 0 radical (unpaired) electrons. The van der Waals surface area contributed by atoms with E-state index in [1.54, 1.807) is 20.0 Å². The molecule has 1 aliphatic heterocycles. The van der Waals surface area contributed by atoms with E-state index in [4.69, 9.17) is 4.74 Å². The molecule has 2 rings (SSSR count). The number of Topliss-reactive ketones (excluding diaryl/α,β-unsaturated/α-hetero) is 1. The number of ether oxygens (including phenoxy) is 1. The number of fused-ring (bicyclic) bond motifs is 1. The van der Waals surface area contributed by atoms with Gasteiger partial charge in [-0.1, -0.05) is 0 Å². The van der Waals surface area contributed by atoms with E-state index in [0.717, 1.165) is 0 Å². The molecule has 0 bridgehead atoms. The van der Waals surface area contributed by atoms with Crippen molar-refractivity contribution < 1.29 is 19.1 Å². The van der Waals surface area contributed by atoms with Crippen molar-refractivity contribution in [2.24, 2.45) is 5.92 Å². The fraction of sp³-hybridized carbons (Fsp3) is 0.364. The summed E-state index contributed by atoms with van der Waals surface area (Å²) in [4.78, 5) is 35.5. The van der Waals surface area contributed by atoms with Gasteiger partial charge in [0, 0.05) is 10.7 Å². The van der Waals surface area contributed by atoms with Crippen molar-refractivity contribution in [2.75, 3.05) is 12.0 Å². The van der Waals surface area contributed by atoms with Crippen LogP contribution in [0.25, 0.3) is 0 Å². The Kier molecular flexibility index (Phi) is 3.25. The first-order valence-electron chi connectivity index (χ1n) is 5.36. The van der Waals surface area contributed by atoms with Crippen molar-refractivity contribution in [1.82, 2.24) is 4.68 Å². The normalized spacial score (nSPS) is 18.3. The Morgan fingerprint density at radius 2 is 2.22 bits per heavy atom. The van der Waals surface area contributed by atoms with Crippen LogP contribution in [0.5, 0.6) is 0 Å². The summed E-state index contributed by atoms with van der Waals surface area (Å²) in [5, 5.41) is 0. The third-order valence-electron chi connectivity index (χ3n) is 2.71. The quantitative estimate of drug-likeness (QED) is 0.652. The molecule has 1 amide bonds. The Hall–Kier alpha value is -1.63. The highest BCUT2D eigenvalue weighted by atomic mass is 79.9. The molecule has 0 aliphatic carbocycles. The largest absolute Gasteiger partial charge is 0.465 e. The number of hydrogen-bond acceptors (Lipinski definition) is 4. The Morgan fingerprint density at radius 1 is 1.56 bits per heavy atom. The number of rotatable bonds is 2. The average molecular weight is 315 g/mol. The number of nitrogens with one attached hydrogen (secondary N) is 1. The summed E-state index contributed by atoms with van der Waals surface area (Å²) in [5.41, 5.74) is 3.43. The molecule has 18 heavy (non-hydrogen) atoms. The van der Waals surface area contributed by atoms with Crippen molar-refractivity contribution in [3.05, 3.63) is 21.9 Å². The van der Waals surface area contributed by atoms with Crippen LogP contribution < -0.4 is 5.43 Å². The van der Waals surface area contributed by atoms with Gasteiger partial charge in [-0.2, -0.15) is 0 Å². The number of halogens is 1. The Balaban J connectivity index is 2.44. The van der Waals surface area contributed by atoms with Crippen LogP contribution in [0.2, 0.25) is 0 Å². The Labute approximate surface area is 111 Å². The van der Waals surface area contributed by atoms with Crippen LogP contribution >= 0.6 is 15.9 Å². The van der Waals surface area contributed by atoms with Gasteiger partial charge in [-0.25, -0.2) is 0 Å². The average Bonchev–Trinajstić information content (AvgIpc) is 2.54. The highest BCUT2D eigenvalue weighted by Gasteiger charge is 2.42. The Bertz CT molecular complexity index is 549. The second-order valence-corrected chi connectivity index (χ2v) is 4.70. The predicted octanol–water partition coefficient (Wildman–Crippen LogP) is 1.00. The molecule has 0 spiro atoms. The second kappa shape index (κ2) is 4.56. The molecule has 96 valence electrons. The molecule has 0 aromatic carbocycles. The molecule has 2 heterocycles. The second-order valence-electron chi connectivity index (χ2n) is 3.85. The molecular formula is C11H11BrN2O4. The standard InChI is InChI=1S/C11H11BrN2O4/c1-3-18-11(17)7-9(15)8-5(2)6(12)4-14(8)13-10(7)16/h4,7H,3H2,1-2H3,(H,13,16). The van der Waals surface area contributed by atoms with Crippen molar-refractivity contribution in [2.45, 2.75) is 13.8 Å². The third kappa shape index (κ3) is 1.84. The van der Waals surface area contributed by atoms with E-state index in [1.807, 2.05) is 0 Å². The van der Waals surface area contributed by atoms with Gasteiger partial charge in [0.2, 0.25) is 11.7 Å². The summed E-state index contributed by atoms with van der Waals surface area (Å²) in [5.74, 6) is -3.45. The smallest absolute Gasteiger partial charge is 0.326 e. The van der Waals surface area contributed by atoms with Gasteiger partial charge in [0.1, 0.15) is 5.69 Å². The lowest BCUT2D eigenvalue weighted by Gasteiger charge is -2.22. The van der Waals surface area contributed by atoms with Gasteiger partial charge in [0.25, 0.3) is 5.91 Å². The monoisotopic (exact) mass is 314 g/mol. The minimum Gasteiger partial charge on any atom is -0.465 e. The molecule has 0 saturated carbocycles. The van der Waals surface area contributed by atoms with Crippen molar-refractivity contribution in [3.63, 3.8) is 0 Å². The maximum atomic E-state index is 12.2. The molecule has 1 N–H and O–H groups in total. The zero-order valence-electron chi connectivity index (χ0n) is 9.82. The van der Waals surface area contributed by atoms with Crippen molar-refractivity contribution in [3.8, 4) is 0 Å². The topological polar surface area (TPSA) is 77.4 Å². The Morgan fingerprint density at radius 3 is 2.83 bits per heavy atom. The van der Waals surface area contributed by atoms with Crippen LogP contribution in [0.4, 0.5) is 0 Å². The summed E-state index contributed by atoms with van der Waals surface area (Å²) in [6, 6.07) is 0. The fourth-order valence-corrected chi connectivity index (χ4v) is 2.23. The van der Waals surface area contributed by atoms with E-state index in [-0.39, 0.29) is 6.61 Å². The van der Waals surface area contributed by atoms with E-state index < -0.39 is 23.6 Å². The zero-order chi connectivity index (χ0) is 13.4. The molecular weight excluding hydrogens is 304 g/mol. The van der Waals surface area contributed by atoms with Gasteiger partial charge in [0.15, 0.2) is 0 Å². The predicted molar refractivity (Wildman–Crippen MR) is 65.7 cm³/mol. The van der Waals surface area contributed by atoms with Crippen molar-refractivity contribution in [1.29, 1.82) is 0 Å². The summed E-state index contributed by atoms with van der Waals surface area (Å²) in [6.45, 7) is 3.47. The molecule has 1 unspecified atom stereocenters. The number of aromatic nitrogens is 1. The molecule has 1 atom stereocenters. The third-order valence-corrected chi connectivity index (χ3v) is 3.51.